The number of amides is 1. The van der Waals surface area contributed by atoms with Crippen LogP contribution in [0.15, 0.2) is 53.0 Å². The number of benzene rings is 2. The quantitative estimate of drug-likeness (QED) is 0.453. The van der Waals surface area contributed by atoms with Crippen molar-refractivity contribution in [3.8, 4) is 5.75 Å². The summed E-state index contributed by atoms with van der Waals surface area (Å²) in [6, 6.07) is 15.2. The highest BCUT2D eigenvalue weighted by molar-refractivity contribution is 9.10. The molecule has 2 aromatic rings. The van der Waals surface area contributed by atoms with E-state index in [2.05, 4.69) is 47.2 Å². The second-order valence-corrected chi connectivity index (χ2v) is 8.12. The Kier molecular flexibility index (Phi) is 7.60. The number of hydrogen-bond donors (Lipinski definition) is 1. The lowest BCUT2D eigenvalue weighted by atomic mass is 9.84. The van der Waals surface area contributed by atoms with Crippen molar-refractivity contribution >= 4 is 27.6 Å². The Balaban J connectivity index is 1.73. The minimum Gasteiger partial charge on any atom is -0.494 e. The van der Waals surface area contributed by atoms with E-state index in [1.807, 2.05) is 18.2 Å². The molecule has 0 aliphatic heterocycles. The van der Waals surface area contributed by atoms with Gasteiger partial charge in [0, 0.05) is 28.4 Å². The summed E-state index contributed by atoms with van der Waals surface area (Å²) in [7, 11) is 0. The molecule has 2 rings (SSSR count). The standard InChI is InChI=1S/C22H26BrNO3/c1-16(25)17-7-4-10-20(13-17)27-12-6-11-21(26)24-15-22(2,3)18-8-5-9-19(23)14-18/h4-5,7-10,13-14H,6,11-12,15H2,1-3H3,(H,24,26). The molecule has 0 spiro atoms. The van der Waals surface area contributed by atoms with Crippen LogP contribution in [0.5, 0.6) is 5.75 Å². The van der Waals surface area contributed by atoms with Crippen LogP contribution in [0.4, 0.5) is 0 Å². The van der Waals surface area contributed by atoms with Crippen LogP contribution >= 0.6 is 15.9 Å². The van der Waals surface area contributed by atoms with Crippen LogP contribution in [0.1, 0.15) is 49.5 Å². The van der Waals surface area contributed by atoms with Crippen molar-refractivity contribution in [1.82, 2.24) is 5.32 Å². The Morgan fingerprint density at radius 3 is 2.56 bits per heavy atom. The van der Waals surface area contributed by atoms with Gasteiger partial charge in [0.1, 0.15) is 5.75 Å². The van der Waals surface area contributed by atoms with Crippen LogP contribution in [0.25, 0.3) is 0 Å². The van der Waals surface area contributed by atoms with Gasteiger partial charge in [-0.3, -0.25) is 9.59 Å². The number of ether oxygens (including phenoxy) is 1. The van der Waals surface area contributed by atoms with E-state index >= 15 is 0 Å². The van der Waals surface area contributed by atoms with Gasteiger partial charge in [0.15, 0.2) is 5.78 Å². The van der Waals surface area contributed by atoms with Gasteiger partial charge in [-0.15, -0.1) is 0 Å². The van der Waals surface area contributed by atoms with Gasteiger partial charge in [-0.1, -0.05) is 54.0 Å². The fraction of sp³-hybridized carbons (Fsp3) is 0.364. The van der Waals surface area contributed by atoms with Crippen LogP contribution in [0.2, 0.25) is 0 Å². The van der Waals surface area contributed by atoms with E-state index < -0.39 is 0 Å². The minimum atomic E-state index is -0.150. The molecule has 0 aromatic heterocycles. The first-order valence-corrected chi connectivity index (χ1v) is 9.84. The third-order valence-corrected chi connectivity index (χ3v) is 4.88. The molecule has 0 bridgehead atoms. The molecular formula is C22H26BrNO3. The molecule has 0 fully saturated rings. The zero-order valence-corrected chi connectivity index (χ0v) is 17.6. The average molecular weight is 432 g/mol. The Hall–Kier alpha value is -2.14. The van der Waals surface area contributed by atoms with Crippen molar-refractivity contribution in [2.45, 2.75) is 39.0 Å². The summed E-state index contributed by atoms with van der Waals surface area (Å²) in [4.78, 5) is 23.5. The topological polar surface area (TPSA) is 55.4 Å². The summed E-state index contributed by atoms with van der Waals surface area (Å²) >= 11 is 3.49. The molecule has 5 heteroatoms. The van der Waals surface area contributed by atoms with Crippen LogP contribution in [0, 0.1) is 0 Å². The Morgan fingerprint density at radius 1 is 1.11 bits per heavy atom. The van der Waals surface area contributed by atoms with E-state index in [1.54, 1.807) is 18.2 Å². The highest BCUT2D eigenvalue weighted by Crippen LogP contribution is 2.25. The number of carbonyl (C=O) groups excluding carboxylic acids is 2. The van der Waals surface area contributed by atoms with E-state index in [4.69, 9.17) is 4.74 Å². The number of halogens is 1. The zero-order chi connectivity index (χ0) is 19.9. The Bertz CT molecular complexity index is 802. The monoisotopic (exact) mass is 431 g/mol. The third kappa shape index (κ3) is 6.83. The maximum atomic E-state index is 12.1. The van der Waals surface area contributed by atoms with Crippen LogP contribution in [-0.2, 0) is 10.2 Å². The fourth-order valence-electron chi connectivity index (χ4n) is 2.65. The first-order chi connectivity index (χ1) is 12.8. The number of Topliss-reactive ketones (excluding diaryl/α,β-unsaturated/α-hetero) is 1. The first kappa shape index (κ1) is 21.2. The zero-order valence-electron chi connectivity index (χ0n) is 16.0. The first-order valence-electron chi connectivity index (χ1n) is 9.04. The second-order valence-electron chi connectivity index (χ2n) is 7.21. The average Bonchev–Trinajstić information content (AvgIpc) is 2.64. The van der Waals surface area contributed by atoms with E-state index in [0.717, 1.165) is 4.47 Å². The molecule has 0 heterocycles. The predicted octanol–water partition coefficient (Wildman–Crippen LogP) is 4.90. The molecular weight excluding hydrogens is 406 g/mol. The van der Waals surface area contributed by atoms with Crippen molar-refractivity contribution in [3.05, 3.63) is 64.1 Å². The number of hydrogen-bond acceptors (Lipinski definition) is 3. The van der Waals surface area contributed by atoms with E-state index in [9.17, 15) is 9.59 Å². The highest BCUT2D eigenvalue weighted by Gasteiger charge is 2.21. The maximum absolute atomic E-state index is 12.1. The summed E-state index contributed by atoms with van der Waals surface area (Å²) in [5.41, 5.74) is 1.65. The highest BCUT2D eigenvalue weighted by atomic mass is 79.9. The van der Waals surface area contributed by atoms with Crippen LogP contribution < -0.4 is 10.1 Å². The van der Waals surface area contributed by atoms with Crippen molar-refractivity contribution in [1.29, 1.82) is 0 Å². The molecule has 0 aliphatic carbocycles. The number of carbonyl (C=O) groups is 2. The molecule has 0 unspecified atom stereocenters. The normalized spacial score (nSPS) is 11.1. The van der Waals surface area contributed by atoms with Crippen molar-refractivity contribution in [2.75, 3.05) is 13.2 Å². The van der Waals surface area contributed by atoms with E-state index in [1.165, 1.54) is 12.5 Å². The van der Waals surface area contributed by atoms with Crippen LogP contribution in [-0.4, -0.2) is 24.8 Å². The van der Waals surface area contributed by atoms with Gasteiger partial charge in [0.25, 0.3) is 0 Å². The van der Waals surface area contributed by atoms with Gasteiger partial charge in [-0.2, -0.15) is 0 Å². The summed E-state index contributed by atoms with van der Waals surface area (Å²) in [5, 5.41) is 3.01. The van der Waals surface area contributed by atoms with E-state index in [-0.39, 0.29) is 17.1 Å². The number of nitrogens with one attached hydrogen (secondary N) is 1. The molecule has 144 valence electrons. The summed E-state index contributed by atoms with van der Waals surface area (Å²) < 4.78 is 6.67. The number of ketones is 1. The molecule has 0 radical (unpaired) electrons. The summed E-state index contributed by atoms with van der Waals surface area (Å²) in [6.07, 6.45) is 1.02. The van der Waals surface area contributed by atoms with Gasteiger partial charge < -0.3 is 10.1 Å². The lowest BCUT2D eigenvalue weighted by Crippen LogP contribution is -2.36. The maximum Gasteiger partial charge on any atom is 0.220 e. The molecule has 0 saturated heterocycles. The lowest BCUT2D eigenvalue weighted by molar-refractivity contribution is -0.121. The van der Waals surface area contributed by atoms with E-state index in [0.29, 0.717) is 37.3 Å². The molecule has 27 heavy (non-hydrogen) atoms. The molecule has 0 aliphatic rings. The predicted molar refractivity (Wildman–Crippen MR) is 111 cm³/mol. The smallest absolute Gasteiger partial charge is 0.220 e. The Labute approximate surface area is 169 Å². The largest absolute Gasteiger partial charge is 0.494 e. The molecule has 0 saturated carbocycles. The fourth-order valence-corrected chi connectivity index (χ4v) is 3.05. The van der Waals surface area contributed by atoms with Crippen molar-refractivity contribution in [3.63, 3.8) is 0 Å². The summed E-state index contributed by atoms with van der Waals surface area (Å²) in [5.74, 6) is 0.672. The van der Waals surface area contributed by atoms with Gasteiger partial charge in [-0.25, -0.2) is 0 Å². The molecule has 4 nitrogen and oxygen atoms in total. The number of rotatable bonds is 9. The SMILES string of the molecule is CC(=O)c1cccc(OCCCC(=O)NCC(C)(C)c2cccc(Br)c2)c1. The van der Waals surface area contributed by atoms with Gasteiger partial charge >= 0.3 is 0 Å². The third-order valence-electron chi connectivity index (χ3n) is 4.39. The molecule has 1 N–H and O–H groups in total. The van der Waals surface area contributed by atoms with Crippen molar-refractivity contribution < 1.29 is 14.3 Å². The van der Waals surface area contributed by atoms with Gasteiger partial charge in [0.2, 0.25) is 5.91 Å². The molecule has 0 atom stereocenters. The molecule has 1 amide bonds. The Morgan fingerprint density at radius 2 is 1.85 bits per heavy atom. The lowest BCUT2D eigenvalue weighted by Gasteiger charge is -2.26. The van der Waals surface area contributed by atoms with Crippen LogP contribution in [0.3, 0.4) is 0 Å². The van der Waals surface area contributed by atoms with Gasteiger partial charge in [0.05, 0.1) is 6.61 Å². The minimum absolute atomic E-state index is 0.00730. The summed E-state index contributed by atoms with van der Waals surface area (Å²) in [6.45, 7) is 6.76. The van der Waals surface area contributed by atoms with Crippen molar-refractivity contribution in [2.24, 2.45) is 0 Å². The molecule has 2 aromatic carbocycles. The van der Waals surface area contributed by atoms with Gasteiger partial charge in [-0.05, 0) is 43.2 Å². The second kappa shape index (κ2) is 9.70.